The Bertz CT molecular complexity index is 1350. The smallest absolute Gasteiger partial charge is 0.228 e. The topological polar surface area (TPSA) is 81.3 Å². The highest BCUT2D eigenvalue weighted by Gasteiger charge is 2.63. The van der Waals surface area contributed by atoms with E-state index >= 15 is 0 Å². The van der Waals surface area contributed by atoms with Crippen LogP contribution in [0, 0.1) is 12.8 Å². The molecule has 2 N–H and O–H groups in total. The first kappa shape index (κ1) is 23.2. The molecule has 194 valence electrons. The number of carbonyl (C=O) groups is 1. The van der Waals surface area contributed by atoms with Crippen molar-refractivity contribution in [3.05, 3.63) is 65.1 Å². The van der Waals surface area contributed by atoms with E-state index < -0.39 is 11.0 Å². The number of rotatable bonds is 4. The highest BCUT2D eigenvalue weighted by Crippen LogP contribution is 2.57. The van der Waals surface area contributed by atoms with E-state index in [-0.39, 0.29) is 18.4 Å². The number of aromatic hydroxyl groups is 1. The molecular formula is C30H36N4O3. The van der Waals surface area contributed by atoms with E-state index in [9.17, 15) is 15.0 Å². The van der Waals surface area contributed by atoms with Crippen molar-refractivity contribution in [2.24, 2.45) is 5.92 Å². The number of aliphatic hydroxyl groups is 1. The van der Waals surface area contributed by atoms with Crippen molar-refractivity contribution in [1.82, 2.24) is 19.2 Å². The van der Waals surface area contributed by atoms with Crippen LogP contribution in [0.4, 0.5) is 0 Å². The maximum Gasteiger partial charge on any atom is 0.228 e. The van der Waals surface area contributed by atoms with E-state index in [4.69, 9.17) is 0 Å². The number of nitrogens with zero attached hydrogens (tertiary/aromatic N) is 4. The third-order valence-electron chi connectivity index (χ3n) is 9.86. The van der Waals surface area contributed by atoms with Gasteiger partial charge in [-0.1, -0.05) is 12.1 Å². The molecule has 2 aliphatic heterocycles. The molecule has 1 saturated carbocycles. The largest absolute Gasteiger partial charge is 0.508 e. The molecule has 1 aromatic carbocycles. The molecule has 2 aromatic heterocycles. The van der Waals surface area contributed by atoms with Gasteiger partial charge >= 0.3 is 0 Å². The Morgan fingerprint density at radius 3 is 2.76 bits per heavy atom. The van der Waals surface area contributed by atoms with Crippen molar-refractivity contribution in [2.75, 3.05) is 26.2 Å². The monoisotopic (exact) mass is 500 g/mol. The van der Waals surface area contributed by atoms with Crippen molar-refractivity contribution in [3.8, 4) is 5.75 Å². The van der Waals surface area contributed by atoms with E-state index in [1.54, 1.807) is 0 Å². The number of imidazole rings is 1. The summed E-state index contributed by atoms with van der Waals surface area (Å²) in [5.74, 6) is 1.13. The summed E-state index contributed by atoms with van der Waals surface area (Å²) < 4.78 is 1.95. The lowest BCUT2D eigenvalue weighted by Crippen LogP contribution is -2.71. The number of carbonyl (C=O) groups excluding carboxylic acids is 1. The number of piperidine rings is 1. The van der Waals surface area contributed by atoms with Gasteiger partial charge in [0.1, 0.15) is 11.4 Å². The zero-order valence-corrected chi connectivity index (χ0v) is 21.6. The van der Waals surface area contributed by atoms with E-state index in [1.807, 2.05) is 52.9 Å². The van der Waals surface area contributed by atoms with Crippen molar-refractivity contribution < 1.29 is 15.0 Å². The van der Waals surface area contributed by atoms with E-state index in [2.05, 4.69) is 16.0 Å². The number of likely N-dealkylation sites (tertiary alicyclic amines) is 2. The van der Waals surface area contributed by atoms with Crippen LogP contribution in [0.2, 0.25) is 0 Å². The molecule has 4 aliphatic rings. The maximum absolute atomic E-state index is 13.5. The maximum atomic E-state index is 13.5. The zero-order valence-electron chi connectivity index (χ0n) is 21.6. The van der Waals surface area contributed by atoms with Crippen molar-refractivity contribution in [2.45, 2.75) is 68.9 Å². The number of phenolic OH excluding ortho intramolecular Hbond substituents is 1. The molecule has 7 heteroatoms. The molecule has 4 heterocycles. The van der Waals surface area contributed by atoms with Gasteiger partial charge in [-0.3, -0.25) is 9.69 Å². The third-order valence-corrected chi connectivity index (χ3v) is 9.86. The van der Waals surface area contributed by atoms with Gasteiger partial charge in [-0.2, -0.15) is 0 Å². The van der Waals surface area contributed by atoms with E-state index in [0.717, 1.165) is 54.3 Å². The lowest BCUT2D eigenvalue weighted by Gasteiger charge is -2.61. The molecule has 3 fully saturated rings. The molecular weight excluding hydrogens is 464 g/mol. The first-order valence-corrected chi connectivity index (χ1v) is 13.9. The normalized spacial score (nSPS) is 29.6. The number of fused-ring (bicyclic) bond motifs is 2. The van der Waals surface area contributed by atoms with Crippen LogP contribution in [-0.4, -0.2) is 73.1 Å². The number of benzene rings is 1. The molecule has 0 spiro atoms. The van der Waals surface area contributed by atoms with Crippen LogP contribution in [0.5, 0.6) is 5.75 Å². The van der Waals surface area contributed by atoms with Crippen LogP contribution in [0.3, 0.4) is 0 Å². The zero-order chi connectivity index (χ0) is 25.4. The van der Waals surface area contributed by atoms with Gasteiger partial charge in [-0.05, 0) is 92.8 Å². The van der Waals surface area contributed by atoms with Gasteiger partial charge in [0.05, 0.1) is 17.7 Å². The summed E-state index contributed by atoms with van der Waals surface area (Å²) in [4.78, 5) is 22.6. The summed E-state index contributed by atoms with van der Waals surface area (Å²) in [5, 5.41) is 23.4. The second-order valence-electron chi connectivity index (χ2n) is 12.0. The fraction of sp³-hybridized carbons (Fsp3) is 0.533. The number of pyridine rings is 1. The summed E-state index contributed by atoms with van der Waals surface area (Å²) in [6, 6.07) is 9.96. The minimum absolute atomic E-state index is 0.0479. The van der Waals surface area contributed by atoms with Gasteiger partial charge in [0.15, 0.2) is 0 Å². The van der Waals surface area contributed by atoms with Gasteiger partial charge in [-0.25, -0.2) is 4.98 Å². The van der Waals surface area contributed by atoms with E-state index in [1.165, 1.54) is 18.4 Å². The molecule has 7 rings (SSSR count). The van der Waals surface area contributed by atoms with Crippen molar-refractivity contribution in [1.29, 1.82) is 0 Å². The minimum atomic E-state index is -0.924. The highest BCUT2D eigenvalue weighted by atomic mass is 16.3. The first-order valence-electron chi connectivity index (χ1n) is 13.9. The summed E-state index contributed by atoms with van der Waals surface area (Å²) in [6.07, 6.45) is 9.66. The van der Waals surface area contributed by atoms with Gasteiger partial charge in [0.2, 0.25) is 5.91 Å². The second kappa shape index (κ2) is 8.30. The Hall–Kier alpha value is -2.90. The minimum Gasteiger partial charge on any atom is -0.508 e. The molecule has 0 unspecified atom stereocenters. The van der Waals surface area contributed by atoms with Gasteiger partial charge in [0, 0.05) is 43.5 Å². The molecule has 3 atom stereocenters. The summed E-state index contributed by atoms with van der Waals surface area (Å²) in [6.45, 7) is 5.14. The van der Waals surface area contributed by atoms with Crippen LogP contribution in [-0.2, 0) is 23.1 Å². The summed E-state index contributed by atoms with van der Waals surface area (Å²) in [7, 11) is 0. The lowest BCUT2D eigenvalue weighted by atomic mass is 9.52. The molecule has 2 aliphatic carbocycles. The number of hydrogen-bond donors (Lipinski definition) is 2. The first-order chi connectivity index (χ1) is 17.9. The Labute approximate surface area is 217 Å². The molecule has 2 bridgehead atoms. The second-order valence-corrected chi connectivity index (χ2v) is 12.0. The van der Waals surface area contributed by atoms with Gasteiger partial charge in [0.25, 0.3) is 0 Å². The fourth-order valence-corrected chi connectivity index (χ4v) is 7.64. The van der Waals surface area contributed by atoms with Crippen LogP contribution in [0.1, 0.15) is 54.5 Å². The lowest BCUT2D eigenvalue weighted by molar-refractivity contribution is -0.149. The van der Waals surface area contributed by atoms with Crippen LogP contribution in [0.25, 0.3) is 5.65 Å². The molecule has 7 nitrogen and oxygen atoms in total. The van der Waals surface area contributed by atoms with Crippen molar-refractivity contribution >= 4 is 11.6 Å². The quantitative estimate of drug-likeness (QED) is 0.575. The molecule has 37 heavy (non-hydrogen) atoms. The van der Waals surface area contributed by atoms with Crippen molar-refractivity contribution in [3.63, 3.8) is 0 Å². The average Bonchev–Trinajstić information content (AvgIpc) is 3.62. The summed E-state index contributed by atoms with van der Waals surface area (Å²) in [5.41, 5.74) is 3.50. The summed E-state index contributed by atoms with van der Waals surface area (Å²) >= 11 is 0. The third kappa shape index (κ3) is 3.62. The van der Waals surface area contributed by atoms with Gasteiger partial charge < -0.3 is 19.5 Å². The number of hydrogen-bond acceptors (Lipinski definition) is 5. The Balaban J connectivity index is 1.21. The van der Waals surface area contributed by atoms with E-state index in [0.29, 0.717) is 31.7 Å². The fourth-order valence-electron chi connectivity index (χ4n) is 7.64. The number of amides is 1. The van der Waals surface area contributed by atoms with Gasteiger partial charge in [-0.15, -0.1) is 0 Å². The Morgan fingerprint density at radius 2 is 1.95 bits per heavy atom. The van der Waals surface area contributed by atoms with Crippen LogP contribution >= 0.6 is 0 Å². The Kier molecular flexibility index (Phi) is 5.21. The SMILES string of the molecule is Cc1cc2c(cc1O)[C@@]13CCN(C(=O)Cc4cn5ccccc5n4)CC[C@@]1(O)[C@@H](C2)N(CC1CC1)CC3. The number of aromatic nitrogens is 2. The molecule has 3 aromatic rings. The average molecular weight is 501 g/mol. The number of phenols is 1. The standard InChI is InChI=1S/C30H36N4O3/c1-20-14-22-15-26-30(37)9-13-32(28(36)16-23-19-34-10-3-2-4-27(34)31-23)11-7-29(30,24(22)17-25(20)35)8-12-33(26)18-21-5-6-21/h2-4,10,14,17,19,21,26,35,37H,5-9,11-13,15-16,18H2,1H3/t26-,29+,30-/m1/s1. The predicted octanol–water partition coefficient (Wildman–Crippen LogP) is 3.22. The molecule has 0 radical (unpaired) electrons. The number of aryl methyl sites for hydroxylation is 1. The van der Waals surface area contributed by atoms with Crippen LogP contribution < -0.4 is 0 Å². The molecule has 1 amide bonds. The highest BCUT2D eigenvalue weighted by molar-refractivity contribution is 5.78. The predicted molar refractivity (Wildman–Crippen MR) is 141 cm³/mol. The molecule has 2 saturated heterocycles. The van der Waals surface area contributed by atoms with Crippen LogP contribution in [0.15, 0.2) is 42.7 Å². The Morgan fingerprint density at radius 1 is 1.14 bits per heavy atom.